The molecule has 3 aromatic carbocycles. The van der Waals surface area contributed by atoms with Crippen LogP contribution in [-0.4, -0.2) is 26.5 Å². The molecule has 0 fully saturated rings. The Kier molecular flexibility index (Phi) is 7.49. The van der Waals surface area contributed by atoms with Crippen molar-refractivity contribution in [2.45, 2.75) is 13.8 Å². The molecule has 0 saturated carbocycles. The lowest BCUT2D eigenvalue weighted by Crippen LogP contribution is -2.18. The van der Waals surface area contributed by atoms with E-state index in [-0.39, 0.29) is 22.1 Å². The van der Waals surface area contributed by atoms with Crippen LogP contribution in [0.5, 0.6) is 11.5 Å². The van der Waals surface area contributed by atoms with Crippen LogP contribution in [0.15, 0.2) is 77.9 Å². The van der Waals surface area contributed by atoms with E-state index in [4.69, 9.17) is 16.3 Å². The summed E-state index contributed by atoms with van der Waals surface area (Å²) in [7, 11) is 0. The molecule has 1 aromatic heterocycles. The van der Waals surface area contributed by atoms with E-state index in [0.29, 0.717) is 5.56 Å². The average Bonchev–Trinajstić information content (AvgIpc) is 3.22. The Morgan fingerprint density at radius 1 is 0.947 bits per heavy atom. The molecule has 38 heavy (non-hydrogen) atoms. The summed E-state index contributed by atoms with van der Waals surface area (Å²) in [4.78, 5) is 33.2. The normalized spacial score (nSPS) is 10.9. The predicted octanol–water partition coefficient (Wildman–Crippen LogP) is 6.12. The minimum absolute atomic E-state index is 0.140. The molecule has 12 heteroatoms. The summed E-state index contributed by atoms with van der Waals surface area (Å²) in [6, 6.07) is 18.6. The zero-order chi connectivity index (χ0) is 27.4. The third-order valence-electron chi connectivity index (χ3n) is 5.56. The van der Waals surface area contributed by atoms with E-state index in [1.165, 1.54) is 24.4 Å². The minimum Gasteiger partial charge on any atom is -0.450 e. The van der Waals surface area contributed by atoms with Crippen LogP contribution < -0.4 is 10.2 Å². The van der Waals surface area contributed by atoms with Gasteiger partial charge in [0.1, 0.15) is 5.75 Å². The summed E-state index contributed by atoms with van der Waals surface area (Å²) in [5.41, 5.74) is 5.29. The summed E-state index contributed by atoms with van der Waals surface area (Å²) in [6.45, 7) is 3.96. The van der Waals surface area contributed by atoms with Crippen LogP contribution in [0.25, 0.3) is 5.69 Å². The van der Waals surface area contributed by atoms with Crippen molar-refractivity contribution in [3.05, 3.63) is 121 Å². The first kappa shape index (κ1) is 26.0. The van der Waals surface area contributed by atoms with Crippen molar-refractivity contribution in [2.75, 3.05) is 0 Å². The van der Waals surface area contributed by atoms with E-state index in [0.717, 1.165) is 29.2 Å². The zero-order valence-corrected chi connectivity index (χ0v) is 20.9. The van der Waals surface area contributed by atoms with Gasteiger partial charge in [0, 0.05) is 23.1 Å². The monoisotopic (exact) mass is 533 g/mol. The molecule has 1 amide bonds. The van der Waals surface area contributed by atoms with Crippen molar-refractivity contribution in [1.82, 2.24) is 9.99 Å². The Bertz CT molecular complexity index is 1560. The second-order valence-corrected chi connectivity index (χ2v) is 8.56. The van der Waals surface area contributed by atoms with Gasteiger partial charge in [0.25, 0.3) is 11.6 Å². The number of carbonyl (C=O) groups is 1. The molecular weight excluding hydrogens is 514 g/mol. The first-order valence-corrected chi connectivity index (χ1v) is 11.5. The van der Waals surface area contributed by atoms with E-state index in [2.05, 4.69) is 10.5 Å². The topological polar surface area (TPSA) is 142 Å². The Hall–Kier alpha value is -5.03. The number of hydrogen-bond acceptors (Lipinski definition) is 7. The highest BCUT2D eigenvalue weighted by Gasteiger charge is 2.21. The van der Waals surface area contributed by atoms with Gasteiger partial charge in [0.2, 0.25) is 5.75 Å². The van der Waals surface area contributed by atoms with Crippen molar-refractivity contribution in [3.8, 4) is 17.2 Å². The summed E-state index contributed by atoms with van der Waals surface area (Å²) in [5, 5.41) is 26.4. The third kappa shape index (κ3) is 5.68. The second kappa shape index (κ2) is 10.9. The summed E-state index contributed by atoms with van der Waals surface area (Å²) in [6.07, 6.45) is 1.41. The number of rotatable bonds is 8. The lowest BCUT2D eigenvalue weighted by molar-refractivity contribution is -0.394. The molecule has 0 unspecified atom stereocenters. The van der Waals surface area contributed by atoms with E-state index >= 15 is 0 Å². The number of benzene rings is 3. The van der Waals surface area contributed by atoms with Crippen LogP contribution in [-0.2, 0) is 0 Å². The number of nitrogens with one attached hydrogen (secondary N) is 1. The summed E-state index contributed by atoms with van der Waals surface area (Å²) >= 11 is 6.37. The fourth-order valence-corrected chi connectivity index (χ4v) is 3.99. The lowest BCUT2D eigenvalue weighted by Gasteiger charge is -2.11. The molecule has 0 saturated heterocycles. The molecule has 0 aliphatic rings. The number of non-ortho nitro benzene ring substituents is 1. The maximum absolute atomic E-state index is 12.6. The number of nitro benzene ring substituents is 2. The Morgan fingerprint density at radius 3 is 2.24 bits per heavy atom. The SMILES string of the molecule is Cc1ccc(C)n1-c1ccc(C(=O)N/N=C\c2ccc(Oc3ccc([N+](=O)[O-])cc3[N+](=O)[O-])cc2)c(Cl)c1. The van der Waals surface area contributed by atoms with Gasteiger partial charge in [-0.25, -0.2) is 5.43 Å². The molecule has 192 valence electrons. The number of ether oxygens (including phenoxy) is 1. The van der Waals surface area contributed by atoms with E-state index < -0.39 is 27.1 Å². The minimum atomic E-state index is -0.756. The van der Waals surface area contributed by atoms with Gasteiger partial charge in [-0.2, -0.15) is 5.10 Å². The molecule has 0 radical (unpaired) electrons. The van der Waals surface area contributed by atoms with Crippen LogP contribution in [0.3, 0.4) is 0 Å². The van der Waals surface area contributed by atoms with Crippen LogP contribution in [0.2, 0.25) is 5.02 Å². The van der Waals surface area contributed by atoms with Crippen molar-refractivity contribution >= 4 is 35.1 Å². The molecular formula is C26H20ClN5O6. The maximum atomic E-state index is 12.6. The third-order valence-corrected chi connectivity index (χ3v) is 5.88. The van der Waals surface area contributed by atoms with Gasteiger partial charge in [0.05, 0.1) is 32.7 Å². The molecule has 1 heterocycles. The van der Waals surface area contributed by atoms with Crippen LogP contribution in [0.4, 0.5) is 11.4 Å². The van der Waals surface area contributed by atoms with Gasteiger partial charge >= 0.3 is 5.69 Å². The van der Waals surface area contributed by atoms with Crippen LogP contribution in [0.1, 0.15) is 27.3 Å². The number of nitro groups is 2. The molecule has 1 N–H and O–H groups in total. The van der Waals surface area contributed by atoms with E-state index in [1.807, 2.05) is 30.5 Å². The van der Waals surface area contributed by atoms with Crippen molar-refractivity contribution in [3.63, 3.8) is 0 Å². The van der Waals surface area contributed by atoms with Gasteiger partial charge in [-0.05, 0) is 80.1 Å². The number of hydrazone groups is 1. The molecule has 0 aliphatic heterocycles. The average molecular weight is 534 g/mol. The van der Waals surface area contributed by atoms with E-state index in [1.54, 1.807) is 30.3 Å². The van der Waals surface area contributed by atoms with Crippen molar-refractivity contribution in [2.24, 2.45) is 5.10 Å². The number of hydrogen-bond donors (Lipinski definition) is 1. The first-order chi connectivity index (χ1) is 18.1. The standard InChI is InChI=1S/C26H20ClN5O6/c1-16-3-4-17(2)30(16)19-7-11-22(23(27)13-19)26(33)29-28-15-18-5-9-21(10-6-18)38-25-12-8-20(31(34)35)14-24(25)32(36)37/h3-15H,1-2H3,(H,29,33)/b28-15-. The predicted molar refractivity (Wildman–Crippen MR) is 142 cm³/mol. The van der Waals surface area contributed by atoms with Crippen molar-refractivity contribution in [1.29, 1.82) is 0 Å². The van der Waals surface area contributed by atoms with Gasteiger partial charge in [-0.1, -0.05) is 11.6 Å². The number of aryl methyl sites for hydroxylation is 2. The molecule has 0 atom stereocenters. The second-order valence-electron chi connectivity index (χ2n) is 8.15. The molecule has 0 bridgehead atoms. The molecule has 0 aliphatic carbocycles. The Morgan fingerprint density at radius 2 is 1.63 bits per heavy atom. The van der Waals surface area contributed by atoms with Crippen LogP contribution >= 0.6 is 11.6 Å². The number of aromatic nitrogens is 1. The number of nitrogens with zero attached hydrogens (tertiary/aromatic N) is 4. The van der Waals surface area contributed by atoms with Gasteiger partial charge < -0.3 is 9.30 Å². The Labute approximate surface area is 221 Å². The zero-order valence-electron chi connectivity index (χ0n) is 20.1. The maximum Gasteiger partial charge on any atom is 0.318 e. The fourth-order valence-electron chi connectivity index (χ4n) is 3.73. The molecule has 4 aromatic rings. The van der Waals surface area contributed by atoms with Gasteiger partial charge in [-0.15, -0.1) is 0 Å². The highest BCUT2D eigenvalue weighted by molar-refractivity contribution is 6.34. The fraction of sp³-hybridized carbons (Fsp3) is 0.0769. The number of halogens is 1. The summed E-state index contributed by atoms with van der Waals surface area (Å²) < 4.78 is 7.56. The van der Waals surface area contributed by atoms with Gasteiger partial charge in [0.15, 0.2) is 0 Å². The van der Waals surface area contributed by atoms with Gasteiger partial charge in [-0.3, -0.25) is 25.0 Å². The van der Waals surface area contributed by atoms with E-state index in [9.17, 15) is 25.0 Å². The smallest absolute Gasteiger partial charge is 0.318 e. The van der Waals surface area contributed by atoms with Crippen molar-refractivity contribution < 1.29 is 19.4 Å². The molecule has 4 rings (SSSR count). The Balaban J connectivity index is 1.41. The largest absolute Gasteiger partial charge is 0.450 e. The quantitative estimate of drug-likeness (QED) is 0.164. The summed E-state index contributed by atoms with van der Waals surface area (Å²) in [5.74, 6) is -0.355. The molecule has 0 spiro atoms. The highest BCUT2D eigenvalue weighted by atomic mass is 35.5. The highest BCUT2D eigenvalue weighted by Crippen LogP contribution is 2.34. The van der Waals surface area contributed by atoms with Crippen LogP contribution in [0, 0.1) is 34.1 Å². The molecule has 11 nitrogen and oxygen atoms in total. The number of carbonyl (C=O) groups excluding carboxylic acids is 1. The number of amides is 1. The first-order valence-electron chi connectivity index (χ1n) is 11.1. The lowest BCUT2D eigenvalue weighted by atomic mass is 10.2.